The van der Waals surface area contributed by atoms with Gasteiger partial charge in [-0.3, -0.25) is 14.5 Å². The van der Waals surface area contributed by atoms with E-state index < -0.39 is 29.9 Å². The first-order valence-corrected chi connectivity index (χ1v) is 10.2. The van der Waals surface area contributed by atoms with Gasteiger partial charge in [-0.2, -0.15) is 0 Å². The topological polar surface area (TPSA) is 78.5 Å². The smallest absolute Gasteiger partial charge is 0.323 e. The third-order valence-corrected chi connectivity index (χ3v) is 5.66. The number of urea groups is 1. The largest absolute Gasteiger partial charge is 0.325 e. The molecule has 1 aliphatic heterocycles. The molecule has 2 N–H and O–H groups in total. The molecule has 0 bridgehead atoms. The molecule has 2 aromatic rings. The molecule has 1 atom stereocenters. The zero-order valence-electron chi connectivity index (χ0n) is 17.2. The number of imide groups is 1. The van der Waals surface area contributed by atoms with Gasteiger partial charge < -0.3 is 10.6 Å². The van der Waals surface area contributed by atoms with Crippen LogP contribution in [-0.2, 0) is 20.5 Å². The molecule has 1 heterocycles. The van der Waals surface area contributed by atoms with Crippen molar-refractivity contribution in [3.63, 3.8) is 0 Å². The number of carbonyl (C=O) groups excluding carboxylic acids is 3. The van der Waals surface area contributed by atoms with Crippen molar-refractivity contribution >= 4 is 46.7 Å². The standard InChI is InChI=1S/C22H23Cl2N3O3/c1-21(2,3)13-5-7-14(8-6-13)22(4)19(29)27(20(30)26-22)12-18(28)25-17-10-9-15(23)11-16(17)24/h5-11H,12H2,1-4H3,(H,25,28)(H,26,30). The lowest BCUT2D eigenvalue weighted by molar-refractivity contribution is -0.133. The van der Waals surface area contributed by atoms with E-state index in [2.05, 4.69) is 31.4 Å². The number of benzene rings is 2. The summed E-state index contributed by atoms with van der Waals surface area (Å²) in [6.45, 7) is 7.49. The quantitative estimate of drug-likeness (QED) is 0.666. The van der Waals surface area contributed by atoms with Crippen molar-refractivity contribution in [3.05, 3.63) is 63.6 Å². The maximum atomic E-state index is 13.0. The number of hydrogen-bond acceptors (Lipinski definition) is 3. The number of nitrogens with one attached hydrogen (secondary N) is 2. The molecular formula is C22H23Cl2N3O3. The Morgan fingerprint density at radius 3 is 2.30 bits per heavy atom. The molecule has 1 aliphatic rings. The first-order valence-electron chi connectivity index (χ1n) is 9.42. The van der Waals surface area contributed by atoms with E-state index in [1.165, 1.54) is 6.07 Å². The van der Waals surface area contributed by atoms with Crippen LogP contribution in [0.3, 0.4) is 0 Å². The van der Waals surface area contributed by atoms with Gasteiger partial charge in [0.2, 0.25) is 5.91 Å². The van der Waals surface area contributed by atoms with Crippen LogP contribution < -0.4 is 10.6 Å². The Labute approximate surface area is 185 Å². The van der Waals surface area contributed by atoms with Crippen LogP contribution in [0.4, 0.5) is 10.5 Å². The SMILES string of the molecule is CC(C)(C)c1ccc(C2(C)NC(=O)N(CC(=O)Nc3ccc(Cl)cc3Cl)C2=O)cc1. The van der Waals surface area contributed by atoms with E-state index in [0.717, 1.165) is 10.5 Å². The molecule has 0 radical (unpaired) electrons. The lowest BCUT2D eigenvalue weighted by Crippen LogP contribution is -2.42. The molecule has 0 aliphatic carbocycles. The molecule has 158 valence electrons. The number of halogens is 2. The highest BCUT2D eigenvalue weighted by molar-refractivity contribution is 6.36. The average molecular weight is 448 g/mol. The number of rotatable bonds is 4. The minimum Gasteiger partial charge on any atom is -0.323 e. The van der Waals surface area contributed by atoms with E-state index in [-0.39, 0.29) is 10.4 Å². The van der Waals surface area contributed by atoms with Crippen LogP contribution in [0, 0.1) is 0 Å². The Morgan fingerprint density at radius 1 is 1.10 bits per heavy atom. The Balaban J connectivity index is 1.76. The lowest BCUT2D eigenvalue weighted by atomic mass is 9.84. The van der Waals surface area contributed by atoms with Crippen LogP contribution in [0.1, 0.15) is 38.8 Å². The molecule has 0 saturated carbocycles. The number of nitrogens with zero attached hydrogens (tertiary/aromatic N) is 1. The van der Waals surface area contributed by atoms with E-state index in [1.807, 2.05) is 24.3 Å². The number of anilines is 1. The molecule has 4 amide bonds. The number of carbonyl (C=O) groups is 3. The van der Waals surface area contributed by atoms with Gasteiger partial charge in [0.25, 0.3) is 5.91 Å². The minimum absolute atomic E-state index is 0.0323. The van der Waals surface area contributed by atoms with E-state index in [9.17, 15) is 14.4 Å². The maximum Gasteiger partial charge on any atom is 0.325 e. The van der Waals surface area contributed by atoms with Gasteiger partial charge in [-0.25, -0.2) is 4.79 Å². The molecule has 1 fully saturated rings. The Morgan fingerprint density at radius 2 is 1.73 bits per heavy atom. The maximum absolute atomic E-state index is 13.0. The fraction of sp³-hybridized carbons (Fsp3) is 0.318. The van der Waals surface area contributed by atoms with Gasteiger partial charge in [-0.05, 0) is 41.7 Å². The second kappa shape index (κ2) is 7.93. The summed E-state index contributed by atoms with van der Waals surface area (Å²) in [5.74, 6) is -1.04. The summed E-state index contributed by atoms with van der Waals surface area (Å²) in [7, 11) is 0. The molecule has 8 heteroatoms. The second-order valence-corrected chi connectivity index (χ2v) is 9.29. The molecule has 3 rings (SSSR count). The van der Waals surface area contributed by atoms with Gasteiger partial charge >= 0.3 is 6.03 Å². The van der Waals surface area contributed by atoms with Gasteiger partial charge in [-0.15, -0.1) is 0 Å². The summed E-state index contributed by atoms with van der Waals surface area (Å²) in [5.41, 5.74) is 0.833. The number of hydrogen-bond donors (Lipinski definition) is 2. The van der Waals surface area contributed by atoms with Crippen molar-refractivity contribution in [1.29, 1.82) is 0 Å². The van der Waals surface area contributed by atoms with Crippen LogP contribution in [0.25, 0.3) is 0 Å². The van der Waals surface area contributed by atoms with Gasteiger partial charge in [-0.1, -0.05) is 68.2 Å². The lowest BCUT2D eigenvalue weighted by Gasteiger charge is -2.24. The van der Waals surface area contributed by atoms with Crippen LogP contribution in [-0.4, -0.2) is 29.3 Å². The van der Waals surface area contributed by atoms with Gasteiger partial charge in [0.15, 0.2) is 0 Å². The summed E-state index contributed by atoms with van der Waals surface area (Å²) in [6, 6.07) is 11.5. The third kappa shape index (κ3) is 4.30. The van der Waals surface area contributed by atoms with Crippen molar-refractivity contribution in [3.8, 4) is 0 Å². The molecule has 0 aromatic heterocycles. The second-order valence-electron chi connectivity index (χ2n) is 8.45. The molecular weight excluding hydrogens is 425 g/mol. The first-order chi connectivity index (χ1) is 13.9. The Kier molecular flexibility index (Phi) is 5.85. The van der Waals surface area contributed by atoms with E-state index in [4.69, 9.17) is 23.2 Å². The number of amides is 4. The summed E-state index contributed by atoms with van der Waals surface area (Å²) in [6.07, 6.45) is 0. The minimum atomic E-state index is -1.24. The predicted molar refractivity (Wildman–Crippen MR) is 118 cm³/mol. The summed E-state index contributed by atoms with van der Waals surface area (Å²) >= 11 is 11.9. The van der Waals surface area contributed by atoms with Crippen LogP contribution in [0.5, 0.6) is 0 Å². The molecule has 0 spiro atoms. The summed E-state index contributed by atoms with van der Waals surface area (Å²) < 4.78 is 0. The van der Waals surface area contributed by atoms with Gasteiger partial charge in [0, 0.05) is 5.02 Å². The van der Waals surface area contributed by atoms with Crippen LogP contribution in [0.2, 0.25) is 10.0 Å². The van der Waals surface area contributed by atoms with Crippen molar-refractivity contribution in [1.82, 2.24) is 10.2 Å². The fourth-order valence-electron chi connectivity index (χ4n) is 3.26. The molecule has 1 unspecified atom stereocenters. The van der Waals surface area contributed by atoms with Gasteiger partial charge in [0.05, 0.1) is 10.7 Å². The highest BCUT2D eigenvalue weighted by Crippen LogP contribution is 2.31. The highest BCUT2D eigenvalue weighted by atomic mass is 35.5. The van der Waals surface area contributed by atoms with Crippen molar-refractivity contribution in [2.24, 2.45) is 0 Å². The van der Waals surface area contributed by atoms with Crippen molar-refractivity contribution in [2.75, 3.05) is 11.9 Å². The monoisotopic (exact) mass is 447 g/mol. The Hall–Kier alpha value is -2.57. The van der Waals surface area contributed by atoms with Crippen molar-refractivity contribution < 1.29 is 14.4 Å². The summed E-state index contributed by atoms with van der Waals surface area (Å²) in [4.78, 5) is 38.8. The van der Waals surface area contributed by atoms with E-state index >= 15 is 0 Å². The highest BCUT2D eigenvalue weighted by Gasteiger charge is 2.49. The normalized spacial score (nSPS) is 19.1. The first kappa shape index (κ1) is 22.1. The molecule has 1 saturated heterocycles. The van der Waals surface area contributed by atoms with Crippen LogP contribution >= 0.6 is 23.2 Å². The third-order valence-electron chi connectivity index (χ3n) is 5.11. The predicted octanol–water partition coefficient (Wildman–Crippen LogP) is 4.70. The van der Waals surface area contributed by atoms with E-state index in [1.54, 1.807) is 19.1 Å². The molecule has 2 aromatic carbocycles. The molecule has 30 heavy (non-hydrogen) atoms. The van der Waals surface area contributed by atoms with Crippen molar-refractivity contribution in [2.45, 2.75) is 38.6 Å². The zero-order valence-corrected chi connectivity index (χ0v) is 18.7. The molecule has 6 nitrogen and oxygen atoms in total. The zero-order chi connectivity index (χ0) is 22.3. The summed E-state index contributed by atoms with van der Waals surface area (Å²) in [5, 5.41) is 5.99. The average Bonchev–Trinajstić information content (AvgIpc) is 2.87. The Bertz CT molecular complexity index is 1020. The van der Waals surface area contributed by atoms with Gasteiger partial charge in [0.1, 0.15) is 12.1 Å². The fourth-order valence-corrected chi connectivity index (χ4v) is 3.72. The van der Waals surface area contributed by atoms with Crippen LogP contribution in [0.15, 0.2) is 42.5 Å². The van der Waals surface area contributed by atoms with E-state index in [0.29, 0.717) is 16.3 Å².